The van der Waals surface area contributed by atoms with Gasteiger partial charge < -0.3 is 14.4 Å². The number of hydrogen-bond acceptors (Lipinski definition) is 5. The zero-order valence-electron chi connectivity index (χ0n) is 18.1. The van der Waals surface area contributed by atoms with Gasteiger partial charge in [0.25, 0.3) is 5.56 Å². The van der Waals surface area contributed by atoms with E-state index in [0.717, 1.165) is 28.0 Å². The molecule has 1 aromatic heterocycles. The quantitative estimate of drug-likeness (QED) is 0.428. The maximum absolute atomic E-state index is 12.1. The predicted molar refractivity (Wildman–Crippen MR) is 124 cm³/mol. The maximum Gasteiger partial charge on any atom is 0.272 e. The van der Waals surface area contributed by atoms with E-state index in [1.54, 1.807) is 6.07 Å². The standard InChI is InChI=1S/C23H19N3O3.C2H6/c1-26(2)15-5-3-6-16(12-15)28-13-14-9-10-19-18(11-14)22-21-17(23(27)25-24-22)7-4-8-20(21)29-19;1-2/h3-12H,13H2,1-2H3,(H,25,27);1-2H3. The van der Waals surface area contributed by atoms with Gasteiger partial charge in [-0.05, 0) is 42.0 Å². The van der Waals surface area contributed by atoms with Gasteiger partial charge in [0.05, 0.1) is 10.8 Å². The molecular weight excluding hydrogens is 390 g/mol. The number of anilines is 1. The number of fused-ring (bicyclic) bond motifs is 2. The molecule has 2 heterocycles. The van der Waals surface area contributed by atoms with E-state index >= 15 is 0 Å². The van der Waals surface area contributed by atoms with E-state index in [1.165, 1.54) is 0 Å². The van der Waals surface area contributed by atoms with Crippen LogP contribution in [-0.4, -0.2) is 24.3 Å². The summed E-state index contributed by atoms with van der Waals surface area (Å²) in [4.78, 5) is 14.2. The summed E-state index contributed by atoms with van der Waals surface area (Å²) in [5.41, 5.74) is 3.40. The highest BCUT2D eigenvalue weighted by Crippen LogP contribution is 2.44. The van der Waals surface area contributed by atoms with Crippen LogP contribution in [0.25, 0.3) is 22.0 Å². The van der Waals surface area contributed by atoms with E-state index in [1.807, 2.05) is 87.4 Å². The Morgan fingerprint density at radius 1 is 1.00 bits per heavy atom. The molecule has 0 amide bonds. The minimum Gasteiger partial charge on any atom is -0.489 e. The number of aromatic amines is 1. The van der Waals surface area contributed by atoms with Gasteiger partial charge in [0.15, 0.2) is 0 Å². The summed E-state index contributed by atoms with van der Waals surface area (Å²) in [6, 6.07) is 19.3. The molecule has 0 saturated carbocycles. The first-order valence-electron chi connectivity index (χ1n) is 10.3. The van der Waals surface area contributed by atoms with Crippen LogP contribution in [0, 0.1) is 0 Å². The molecular formula is C25H25N3O3. The third kappa shape index (κ3) is 3.84. The summed E-state index contributed by atoms with van der Waals surface area (Å²) < 4.78 is 12.0. The smallest absolute Gasteiger partial charge is 0.272 e. The van der Waals surface area contributed by atoms with Crippen molar-refractivity contribution in [1.82, 2.24) is 10.2 Å². The summed E-state index contributed by atoms with van der Waals surface area (Å²) in [5.74, 6) is 2.16. The zero-order chi connectivity index (χ0) is 22.0. The minimum atomic E-state index is -0.224. The summed E-state index contributed by atoms with van der Waals surface area (Å²) >= 11 is 0. The molecule has 0 atom stereocenters. The van der Waals surface area contributed by atoms with Gasteiger partial charge in [0, 0.05) is 31.4 Å². The molecule has 0 unspecified atom stereocenters. The first-order chi connectivity index (χ1) is 15.1. The van der Waals surface area contributed by atoms with Crippen LogP contribution in [0.5, 0.6) is 17.2 Å². The van der Waals surface area contributed by atoms with E-state index < -0.39 is 0 Å². The Labute approximate surface area is 181 Å². The Bertz CT molecular complexity index is 1290. The van der Waals surface area contributed by atoms with E-state index in [-0.39, 0.29) is 5.56 Å². The Morgan fingerprint density at radius 2 is 1.81 bits per heavy atom. The van der Waals surface area contributed by atoms with Crippen molar-refractivity contribution in [3.8, 4) is 28.5 Å². The van der Waals surface area contributed by atoms with Crippen molar-refractivity contribution in [2.24, 2.45) is 0 Å². The van der Waals surface area contributed by atoms with Crippen LogP contribution in [0.4, 0.5) is 5.69 Å². The average molecular weight is 415 g/mol. The number of nitrogens with zero attached hydrogens (tertiary/aromatic N) is 2. The van der Waals surface area contributed by atoms with Crippen LogP contribution in [0.15, 0.2) is 65.5 Å². The number of rotatable bonds is 4. The second-order valence-electron chi connectivity index (χ2n) is 7.19. The van der Waals surface area contributed by atoms with Gasteiger partial charge >= 0.3 is 0 Å². The monoisotopic (exact) mass is 415 g/mol. The van der Waals surface area contributed by atoms with Gasteiger partial charge in [0.2, 0.25) is 0 Å². The molecule has 31 heavy (non-hydrogen) atoms. The Kier molecular flexibility index (Phi) is 5.62. The van der Waals surface area contributed by atoms with Crippen LogP contribution < -0.4 is 19.9 Å². The van der Waals surface area contributed by atoms with Crippen molar-refractivity contribution in [3.63, 3.8) is 0 Å². The lowest BCUT2D eigenvalue weighted by Gasteiger charge is -2.20. The van der Waals surface area contributed by atoms with E-state index in [2.05, 4.69) is 10.2 Å². The number of H-pyrrole nitrogens is 1. The van der Waals surface area contributed by atoms with Crippen molar-refractivity contribution in [1.29, 1.82) is 0 Å². The minimum absolute atomic E-state index is 0.224. The normalized spacial score (nSPS) is 11.1. The van der Waals surface area contributed by atoms with E-state index in [4.69, 9.17) is 9.47 Å². The molecule has 5 rings (SSSR count). The number of ether oxygens (including phenoxy) is 2. The number of hydrogen-bond donors (Lipinski definition) is 1. The molecule has 1 aliphatic rings. The molecule has 0 spiro atoms. The number of aromatic nitrogens is 2. The molecule has 6 heteroatoms. The molecule has 1 N–H and O–H groups in total. The van der Waals surface area contributed by atoms with Crippen LogP contribution in [0.3, 0.4) is 0 Å². The second-order valence-corrected chi connectivity index (χ2v) is 7.19. The van der Waals surface area contributed by atoms with Crippen molar-refractivity contribution < 1.29 is 9.47 Å². The fourth-order valence-corrected chi connectivity index (χ4v) is 3.54. The highest BCUT2D eigenvalue weighted by atomic mass is 16.5. The predicted octanol–water partition coefficient (Wildman–Crippen LogP) is 5.37. The third-order valence-electron chi connectivity index (χ3n) is 5.04. The van der Waals surface area contributed by atoms with Crippen LogP contribution in [0.2, 0.25) is 0 Å². The largest absolute Gasteiger partial charge is 0.489 e. The van der Waals surface area contributed by atoms with Crippen LogP contribution >= 0.6 is 0 Å². The molecule has 0 bridgehead atoms. The van der Waals surface area contributed by atoms with Gasteiger partial charge in [-0.1, -0.05) is 32.0 Å². The van der Waals surface area contributed by atoms with Gasteiger partial charge in [-0.15, -0.1) is 0 Å². The highest BCUT2D eigenvalue weighted by Gasteiger charge is 2.23. The van der Waals surface area contributed by atoms with Crippen LogP contribution in [0.1, 0.15) is 19.4 Å². The molecule has 158 valence electrons. The van der Waals surface area contributed by atoms with Gasteiger partial charge in [-0.25, -0.2) is 5.10 Å². The fourth-order valence-electron chi connectivity index (χ4n) is 3.54. The maximum atomic E-state index is 12.1. The Hall–Kier alpha value is -3.80. The number of nitrogens with one attached hydrogen (secondary N) is 1. The van der Waals surface area contributed by atoms with Gasteiger partial charge in [-0.2, -0.15) is 5.10 Å². The lowest BCUT2D eigenvalue weighted by molar-refractivity contribution is 0.306. The van der Waals surface area contributed by atoms with Crippen LogP contribution in [-0.2, 0) is 6.61 Å². The Morgan fingerprint density at radius 3 is 2.61 bits per heavy atom. The number of benzene rings is 3. The van der Waals surface area contributed by atoms with E-state index in [9.17, 15) is 4.79 Å². The first-order valence-corrected chi connectivity index (χ1v) is 10.3. The summed E-state index contributed by atoms with van der Waals surface area (Å²) in [6.45, 7) is 4.41. The molecule has 0 radical (unpaired) electrons. The summed E-state index contributed by atoms with van der Waals surface area (Å²) in [5, 5.41) is 8.20. The summed E-state index contributed by atoms with van der Waals surface area (Å²) in [6.07, 6.45) is 0. The van der Waals surface area contributed by atoms with Gasteiger partial charge in [0.1, 0.15) is 29.5 Å². The van der Waals surface area contributed by atoms with Gasteiger partial charge in [-0.3, -0.25) is 4.79 Å². The van der Waals surface area contributed by atoms with Crippen molar-refractivity contribution in [2.45, 2.75) is 20.5 Å². The summed E-state index contributed by atoms with van der Waals surface area (Å²) in [7, 11) is 4.00. The molecule has 4 aromatic rings. The molecule has 6 nitrogen and oxygen atoms in total. The fraction of sp³-hybridized carbons (Fsp3) is 0.200. The van der Waals surface area contributed by atoms with Crippen molar-refractivity contribution in [3.05, 3.63) is 76.6 Å². The van der Waals surface area contributed by atoms with Crippen molar-refractivity contribution >= 4 is 16.5 Å². The molecule has 0 aliphatic carbocycles. The molecule has 3 aromatic carbocycles. The molecule has 0 fully saturated rings. The second kappa shape index (κ2) is 8.52. The van der Waals surface area contributed by atoms with Crippen molar-refractivity contribution in [2.75, 3.05) is 19.0 Å². The Balaban J connectivity index is 0.00000112. The third-order valence-corrected chi connectivity index (χ3v) is 5.04. The lowest BCUT2D eigenvalue weighted by atomic mass is 9.99. The SMILES string of the molecule is CC.CN(C)c1cccc(OCc2ccc3c(c2)-c2n[nH]c(=O)c4cccc(c24)O3)c1. The zero-order valence-corrected chi connectivity index (χ0v) is 18.1. The molecule has 1 aliphatic heterocycles. The highest BCUT2D eigenvalue weighted by molar-refractivity contribution is 6.01. The average Bonchev–Trinajstić information content (AvgIpc) is 2.81. The lowest BCUT2D eigenvalue weighted by Crippen LogP contribution is -2.12. The van der Waals surface area contributed by atoms with E-state index in [0.29, 0.717) is 29.2 Å². The first kappa shape index (κ1) is 20.5. The molecule has 0 saturated heterocycles. The topological polar surface area (TPSA) is 67.5 Å².